The molecule has 1 amide bonds. The molecule has 2 aromatic carbocycles. The zero-order valence-electron chi connectivity index (χ0n) is 16.2. The van der Waals surface area contributed by atoms with Gasteiger partial charge in [0.15, 0.2) is 9.84 Å². The molecular formula is C22H23N3O3S. The fraction of sp³-hybridized carbons (Fsp3) is 0.273. The normalized spacial score (nSPS) is 14.0. The van der Waals surface area contributed by atoms with Crippen LogP contribution in [-0.4, -0.2) is 24.1 Å². The molecule has 0 spiro atoms. The molecule has 3 aromatic rings. The van der Waals surface area contributed by atoms with Crippen LogP contribution in [0.3, 0.4) is 0 Å². The molecule has 1 N–H and O–H groups in total. The Hall–Kier alpha value is -2.93. The van der Waals surface area contributed by atoms with Crippen LogP contribution in [0.4, 0.5) is 5.82 Å². The minimum atomic E-state index is -3.42. The molecule has 1 aliphatic rings. The lowest BCUT2D eigenvalue weighted by atomic mass is 10.1. The molecule has 0 atom stereocenters. The van der Waals surface area contributed by atoms with E-state index in [1.165, 1.54) is 12.8 Å². The quantitative estimate of drug-likeness (QED) is 0.643. The van der Waals surface area contributed by atoms with Gasteiger partial charge < -0.3 is 5.32 Å². The van der Waals surface area contributed by atoms with E-state index < -0.39 is 9.84 Å². The second kappa shape index (κ2) is 7.83. The van der Waals surface area contributed by atoms with Crippen molar-refractivity contribution in [3.05, 3.63) is 77.5 Å². The summed E-state index contributed by atoms with van der Waals surface area (Å²) in [7, 11) is -3.42. The number of rotatable bonds is 7. The highest BCUT2D eigenvalue weighted by molar-refractivity contribution is 7.90. The van der Waals surface area contributed by atoms with Crippen LogP contribution in [0, 0.1) is 12.8 Å². The van der Waals surface area contributed by atoms with Crippen molar-refractivity contribution >= 4 is 21.6 Å². The van der Waals surface area contributed by atoms with E-state index in [2.05, 4.69) is 10.4 Å². The van der Waals surface area contributed by atoms with Gasteiger partial charge in [0.1, 0.15) is 5.82 Å². The number of aromatic nitrogens is 2. The standard InChI is InChI=1S/C22H23N3O3S/c1-16-13-23-25(14-17-7-8-17)21(16)24-22(26)19-11-9-18(10-12-19)15-29(27,28)20-5-3-2-4-6-20/h2-6,9-13,17H,7-8,14-15H2,1H3,(H,24,26). The predicted octanol–water partition coefficient (Wildman–Crippen LogP) is 3.83. The summed E-state index contributed by atoms with van der Waals surface area (Å²) in [6.45, 7) is 2.74. The summed E-state index contributed by atoms with van der Waals surface area (Å²) in [4.78, 5) is 13.0. The summed E-state index contributed by atoms with van der Waals surface area (Å²) >= 11 is 0. The molecule has 1 heterocycles. The summed E-state index contributed by atoms with van der Waals surface area (Å²) in [6, 6.07) is 15.0. The second-order valence-electron chi connectivity index (χ2n) is 7.52. The number of hydrogen-bond donors (Lipinski definition) is 1. The topological polar surface area (TPSA) is 81.1 Å². The van der Waals surface area contributed by atoms with Gasteiger partial charge in [-0.3, -0.25) is 4.79 Å². The molecule has 1 fully saturated rings. The van der Waals surface area contributed by atoms with Gasteiger partial charge in [-0.15, -0.1) is 0 Å². The number of amides is 1. The van der Waals surface area contributed by atoms with Gasteiger partial charge in [-0.25, -0.2) is 13.1 Å². The van der Waals surface area contributed by atoms with Gasteiger partial charge in [-0.2, -0.15) is 5.10 Å². The summed E-state index contributed by atoms with van der Waals surface area (Å²) in [5.41, 5.74) is 2.04. The lowest BCUT2D eigenvalue weighted by Crippen LogP contribution is -2.17. The van der Waals surface area contributed by atoms with Crippen LogP contribution >= 0.6 is 0 Å². The Balaban J connectivity index is 1.45. The molecule has 0 radical (unpaired) electrons. The largest absolute Gasteiger partial charge is 0.307 e. The number of carbonyl (C=O) groups excluding carboxylic acids is 1. The average Bonchev–Trinajstić information content (AvgIpc) is 3.48. The number of aryl methyl sites for hydroxylation is 1. The molecule has 0 aliphatic heterocycles. The van der Waals surface area contributed by atoms with Crippen LogP contribution in [0.5, 0.6) is 0 Å². The lowest BCUT2D eigenvalue weighted by Gasteiger charge is -2.10. The maximum absolute atomic E-state index is 12.7. The van der Waals surface area contributed by atoms with Crippen molar-refractivity contribution in [1.82, 2.24) is 9.78 Å². The first-order valence-electron chi connectivity index (χ1n) is 9.63. The summed E-state index contributed by atoms with van der Waals surface area (Å²) in [5, 5.41) is 7.31. The summed E-state index contributed by atoms with van der Waals surface area (Å²) in [6.07, 6.45) is 4.18. The third-order valence-electron chi connectivity index (χ3n) is 5.06. The summed E-state index contributed by atoms with van der Waals surface area (Å²) in [5.74, 6) is 1.03. The van der Waals surface area contributed by atoms with E-state index in [1.807, 2.05) is 11.6 Å². The third kappa shape index (κ3) is 4.56. The Morgan fingerprint density at radius 2 is 1.79 bits per heavy atom. The lowest BCUT2D eigenvalue weighted by molar-refractivity contribution is 0.102. The van der Waals surface area contributed by atoms with E-state index in [4.69, 9.17) is 0 Å². The van der Waals surface area contributed by atoms with Crippen LogP contribution in [0.15, 0.2) is 65.7 Å². The van der Waals surface area contributed by atoms with Crippen molar-refractivity contribution in [2.24, 2.45) is 5.92 Å². The zero-order valence-corrected chi connectivity index (χ0v) is 17.0. The van der Waals surface area contributed by atoms with Crippen LogP contribution in [-0.2, 0) is 22.1 Å². The molecule has 29 heavy (non-hydrogen) atoms. The highest BCUT2D eigenvalue weighted by atomic mass is 32.2. The van der Waals surface area contributed by atoms with Gasteiger partial charge in [0.25, 0.3) is 5.91 Å². The molecular weight excluding hydrogens is 386 g/mol. The molecule has 0 saturated heterocycles. The number of benzene rings is 2. The van der Waals surface area contributed by atoms with Crippen LogP contribution in [0.1, 0.15) is 34.3 Å². The van der Waals surface area contributed by atoms with Gasteiger partial charge in [0.2, 0.25) is 0 Å². The Labute approximate surface area is 170 Å². The number of anilines is 1. The van der Waals surface area contributed by atoms with E-state index in [0.717, 1.165) is 17.9 Å². The number of carbonyl (C=O) groups is 1. The smallest absolute Gasteiger partial charge is 0.256 e. The minimum absolute atomic E-state index is 0.105. The van der Waals surface area contributed by atoms with Crippen molar-refractivity contribution < 1.29 is 13.2 Å². The number of hydrogen-bond acceptors (Lipinski definition) is 4. The summed E-state index contributed by atoms with van der Waals surface area (Å²) < 4.78 is 26.9. The molecule has 1 aliphatic carbocycles. The molecule has 7 heteroatoms. The second-order valence-corrected chi connectivity index (χ2v) is 9.51. The van der Waals surface area contributed by atoms with E-state index >= 15 is 0 Å². The highest BCUT2D eigenvalue weighted by Crippen LogP contribution is 2.32. The van der Waals surface area contributed by atoms with Crippen LogP contribution in [0.2, 0.25) is 0 Å². The van der Waals surface area contributed by atoms with Crippen molar-refractivity contribution in [1.29, 1.82) is 0 Å². The molecule has 6 nitrogen and oxygen atoms in total. The maximum Gasteiger partial charge on any atom is 0.256 e. The van der Waals surface area contributed by atoms with Crippen molar-refractivity contribution in [3.8, 4) is 0 Å². The molecule has 0 bridgehead atoms. The first-order chi connectivity index (χ1) is 13.9. The van der Waals surface area contributed by atoms with E-state index in [1.54, 1.807) is 60.8 Å². The highest BCUT2D eigenvalue weighted by Gasteiger charge is 2.24. The molecule has 1 aromatic heterocycles. The predicted molar refractivity (Wildman–Crippen MR) is 111 cm³/mol. The van der Waals surface area contributed by atoms with Gasteiger partial charge in [0, 0.05) is 17.7 Å². The molecule has 4 rings (SSSR count). The Morgan fingerprint density at radius 3 is 2.45 bits per heavy atom. The molecule has 150 valence electrons. The average molecular weight is 410 g/mol. The van der Waals surface area contributed by atoms with Crippen molar-refractivity contribution in [2.45, 2.75) is 37.0 Å². The fourth-order valence-corrected chi connectivity index (χ4v) is 4.56. The van der Waals surface area contributed by atoms with Gasteiger partial charge in [-0.05, 0) is 55.5 Å². The van der Waals surface area contributed by atoms with Crippen molar-refractivity contribution in [3.63, 3.8) is 0 Å². The van der Waals surface area contributed by atoms with Gasteiger partial charge in [0.05, 0.1) is 16.8 Å². The third-order valence-corrected chi connectivity index (χ3v) is 6.76. The van der Waals surface area contributed by atoms with Gasteiger partial charge >= 0.3 is 0 Å². The fourth-order valence-electron chi connectivity index (χ4n) is 3.19. The molecule has 0 unspecified atom stereocenters. The van der Waals surface area contributed by atoms with E-state index in [-0.39, 0.29) is 11.7 Å². The molecule has 1 saturated carbocycles. The Morgan fingerprint density at radius 1 is 1.10 bits per heavy atom. The monoisotopic (exact) mass is 409 g/mol. The maximum atomic E-state index is 12.7. The van der Waals surface area contributed by atoms with Crippen LogP contribution in [0.25, 0.3) is 0 Å². The van der Waals surface area contributed by atoms with Crippen LogP contribution < -0.4 is 5.32 Å². The number of nitrogens with one attached hydrogen (secondary N) is 1. The SMILES string of the molecule is Cc1cnn(CC2CC2)c1NC(=O)c1ccc(CS(=O)(=O)c2ccccc2)cc1. The van der Waals surface area contributed by atoms with Crippen molar-refractivity contribution in [2.75, 3.05) is 5.32 Å². The Bertz CT molecular complexity index is 1120. The minimum Gasteiger partial charge on any atom is -0.307 e. The van der Waals surface area contributed by atoms with E-state index in [0.29, 0.717) is 21.9 Å². The van der Waals surface area contributed by atoms with E-state index in [9.17, 15) is 13.2 Å². The number of sulfone groups is 1. The Kier molecular flexibility index (Phi) is 5.24. The zero-order chi connectivity index (χ0) is 20.4. The van der Waals surface area contributed by atoms with Gasteiger partial charge in [-0.1, -0.05) is 30.3 Å². The number of nitrogens with zero attached hydrogens (tertiary/aromatic N) is 2. The first kappa shape index (κ1) is 19.4. The first-order valence-corrected chi connectivity index (χ1v) is 11.3.